The smallest absolute Gasteiger partial charge is 0.352 e. The van der Waals surface area contributed by atoms with Gasteiger partial charge in [0.25, 0.3) is 0 Å². The molecular formula is C15H16ClF3N4. The van der Waals surface area contributed by atoms with Crippen LogP contribution in [0.2, 0.25) is 5.02 Å². The molecule has 1 atom stereocenters. The zero-order valence-corrected chi connectivity index (χ0v) is 13.3. The van der Waals surface area contributed by atoms with Crippen LogP contribution in [0.15, 0.2) is 30.3 Å². The van der Waals surface area contributed by atoms with Crippen LogP contribution < -0.4 is 10.6 Å². The largest absolute Gasteiger partial charge is 0.433 e. The van der Waals surface area contributed by atoms with Crippen LogP contribution in [0.1, 0.15) is 26.0 Å². The van der Waals surface area contributed by atoms with Crippen molar-refractivity contribution in [3.05, 3.63) is 41.0 Å². The molecule has 0 aliphatic heterocycles. The molecule has 0 radical (unpaired) electrons. The Morgan fingerprint density at radius 2 is 1.96 bits per heavy atom. The lowest BCUT2D eigenvalue weighted by Crippen LogP contribution is -2.18. The summed E-state index contributed by atoms with van der Waals surface area (Å²) in [6.07, 6.45) is -3.82. The second kappa shape index (κ2) is 7.04. The highest BCUT2D eigenvalue weighted by Gasteiger charge is 2.33. The Morgan fingerprint density at radius 3 is 2.57 bits per heavy atom. The molecule has 1 heterocycles. The summed E-state index contributed by atoms with van der Waals surface area (Å²) >= 11 is 5.87. The van der Waals surface area contributed by atoms with Crippen molar-refractivity contribution in [2.75, 3.05) is 10.6 Å². The van der Waals surface area contributed by atoms with Gasteiger partial charge >= 0.3 is 6.18 Å². The predicted molar refractivity (Wildman–Crippen MR) is 85.1 cm³/mol. The van der Waals surface area contributed by atoms with Gasteiger partial charge in [-0.25, -0.2) is 4.98 Å². The number of hydrogen-bond donors (Lipinski definition) is 2. The van der Waals surface area contributed by atoms with E-state index in [1.807, 2.05) is 13.8 Å². The van der Waals surface area contributed by atoms with Crippen molar-refractivity contribution in [3.63, 3.8) is 0 Å². The number of hydrogen-bond acceptors (Lipinski definition) is 4. The minimum absolute atomic E-state index is 0.0420. The molecule has 8 heteroatoms. The third-order valence-corrected chi connectivity index (χ3v) is 3.34. The van der Waals surface area contributed by atoms with Crippen LogP contribution in [-0.2, 0) is 6.18 Å². The lowest BCUT2D eigenvalue weighted by Gasteiger charge is -2.15. The minimum Gasteiger partial charge on any atom is -0.352 e. The summed E-state index contributed by atoms with van der Waals surface area (Å²) in [5, 5.41) is 6.14. The molecule has 0 unspecified atom stereocenters. The summed E-state index contributed by atoms with van der Waals surface area (Å²) in [5.74, 6) is -0.0286. The highest BCUT2D eigenvalue weighted by atomic mass is 35.5. The molecule has 0 saturated heterocycles. The summed E-state index contributed by atoms with van der Waals surface area (Å²) in [4.78, 5) is 7.62. The summed E-state index contributed by atoms with van der Waals surface area (Å²) in [7, 11) is 0. The lowest BCUT2D eigenvalue weighted by atomic mass is 10.3. The molecule has 2 rings (SSSR count). The number of nitrogens with zero attached hydrogens (tertiary/aromatic N) is 2. The molecule has 0 aliphatic rings. The van der Waals surface area contributed by atoms with Crippen LogP contribution in [-0.4, -0.2) is 16.0 Å². The van der Waals surface area contributed by atoms with E-state index >= 15 is 0 Å². The van der Waals surface area contributed by atoms with Gasteiger partial charge < -0.3 is 10.6 Å². The standard InChI is InChI=1S/C15H16ClF3N4/c1-3-9(2)20-14-22-12(15(17,18)19)8-13(23-14)21-11-6-4-5-10(16)7-11/h4-9H,3H2,1-2H3,(H2,20,21,22,23)/t9-/m0/s1. The molecule has 0 spiro atoms. The number of alkyl halides is 3. The Hall–Kier alpha value is -2.02. The van der Waals surface area contributed by atoms with Crippen molar-refractivity contribution >= 4 is 29.1 Å². The number of anilines is 3. The Bertz CT molecular complexity index is 676. The van der Waals surface area contributed by atoms with E-state index in [9.17, 15) is 13.2 Å². The van der Waals surface area contributed by atoms with Crippen molar-refractivity contribution in [1.29, 1.82) is 0 Å². The van der Waals surface area contributed by atoms with E-state index in [1.165, 1.54) is 0 Å². The van der Waals surface area contributed by atoms with Crippen molar-refractivity contribution < 1.29 is 13.2 Å². The molecule has 1 aromatic carbocycles. The number of aromatic nitrogens is 2. The predicted octanol–water partition coefficient (Wildman–Crippen LogP) is 5.10. The van der Waals surface area contributed by atoms with Crippen molar-refractivity contribution in [1.82, 2.24) is 9.97 Å². The molecular weight excluding hydrogens is 329 g/mol. The monoisotopic (exact) mass is 344 g/mol. The van der Waals surface area contributed by atoms with Gasteiger partial charge in [0, 0.05) is 22.8 Å². The van der Waals surface area contributed by atoms with Gasteiger partial charge in [-0.1, -0.05) is 24.6 Å². The third kappa shape index (κ3) is 4.99. The van der Waals surface area contributed by atoms with E-state index < -0.39 is 11.9 Å². The highest BCUT2D eigenvalue weighted by molar-refractivity contribution is 6.30. The van der Waals surface area contributed by atoms with Crippen LogP contribution in [0.4, 0.5) is 30.6 Å². The molecule has 23 heavy (non-hydrogen) atoms. The minimum atomic E-state index is -4.56. The van der Waals surface area contributed by atoms with Crippen LogP contribution >= 0.6 is 11.6 Å². The Morgan fingerprint density at radius 1 is 1.22 bits per heavy atom. The van der Waals surface area contributed by atoms with Crippen molar-refractivity contribution in [2.45, 2.75) is 32.5 Å². The average Bonchev–Trinajstić information content (AvgIpc) is 2.46. The molecule has 1 aromatic heterocycles. The fraction of sp³-hybridized carbons (Fsp3) is 0.333. The Kier molecular flexibility index (Phi) is 5.30. The van der Waals surface area contributed by atoms with Gasteiger partial charge in [-0.15, -0.1) is 0 Å². The van der Waals surface area contributed by atoms with Crippen molar-refractivity contribution in [2.24, 2.45) is 0 Å². The summed E-state index contributed by atoms with van der Waals surface area (Å²) in [6, 6.07) is 7.46. The number of rotatable bonds is 5. The first-order valence-electron chi connectivity index (χ1n) is 7.03. The van der Waals surface area contributed by atoms with Crippen LogP contribution in [0.25, 0.3) is 0 Å². The van der Waals surface area contributed by atoms with E-state index in [0.29, 0.717) is 10.7 Å². The Balaban J connectivity index is 2.35. The molecule has 124 valence electrons. The molecule has 0 bridgehead atoms. The molecule has 0 saturated carbocycles. The molecule has 2 N–H and O–H groups in total. The summed E-state index contributed by atoms with van der Waals surface area (Å²) in [5.41, 5.74) is -0.471. The van der Waals surface area contributed by atoms with Crippen LogP contribution in [0, 0.1) is 0 Å². The average molecular weight is 345 g/mol. The molecule has 0 amide bonds. The number of benzene rings is 1. The molecule has 2 aromatic rings. The lowest BCUT2D eigenvalue weighted by molar-refractivity contribution is -0.141. The van der Waals surface area contributed by atoms with Crippen LogP contribution in [0.3, 0.4) is 0 Å². The third-order valence-electron chi connectivity index (χ3n) is 3.10. The van der Waals surface area contributed by atoms with E-state index in [4.69, 9.17) is 11.6 Å². The zero-order valence-electron chi connectivity index (χ0n) is 12.6. The second-order valence-electron chi connectivity index (χ2n) is 5.05. The van der Waals surface area contributed by atoms with E-state index in [2.05, 4.69) is 20.6 Å². The number of halogens is 4. The fourth-order valence-electron chi connectivity index (χ4n) is 1.76. The van der Waals surface area contributed by atoms with Crippen molar-refractivity contribution in [3.8, 4) is 0 Å². The van der Waals surface area contributed by atoms with Gasteiger partial charge in [-0.05, 0) is 31.5 Å². The van der Waals surface area contributed by atoms with Gasteiger partial charge in [0.1, 0.15) is 5.82 Å². The summed E-state index contributed by atoms with van der Waals surface area (Å²) in [6.45, 7) is 3.75. The van der Waals surface area contributed by atoms with Gasteiger partial charge in [0.05, 0.1) is 0 Å². The van der Waals surface area contributed by atoms with E-state index in [1.54, 1.807) is 24.3 Å². The second-order valence-corrected chi connectivity index (χ2v) is 5.49. The fourth-order valence-corrected chi connectivity index (χ4v) is 1.95. The maximum atomic E-state index is 13.0. The summed E-state index contributed by atoms with van der Waals surface area (Å²) < 4.78 is 39.0. The zero-order chi connectivity index (χ0) is 17.0. The van der Waals surface area contributed by atoms with Gasteiger partial charge in [0.15, 0.2) is 5.69 Å². The highest BCUT2D eigenvalue weighted by Crippen LogP contribution is 2.30. The van der Waals surface area contributed by atoms with Gasteiger partial charge in [-0.3, -0.25) is 0 Å². The maximum Gasteiger partial charge on any atom is 0.433 e. The van der Waals surface area contributed by atoms with Gasteiger partial charge in [-0.2, -0.15) is 18.2 Å². The topological polar surface area (TPSA) is 49.8 Å². The van der Waals surface area contributed by atoms with Crippen LogP contribution in [0.5, 0.6) is 0 Å². The SMILES string of the molecule is CC[C@H](C)Nc1nc(Nc2cccc(Cl)c2)cc(C(F)(F)F)n1. The quantitative estimate of drug-likeness (QED) is 0.792. The maximum absolute atomic E-state index is 13.0. The first kappa shape index (κ1) is 17.3. The first-order chi connectivity index (χ1) is 10.8. The normalized spacial score (nSPS) is 12.8. The Labute approximate surface area is 137 Å². The van der Waals surface area contributed by atoms with Gasteiger partial charge in [0.2, 0.25) is 5.95 Å². The molecule has 0 aliphatic carbocycles. The first-order valence-corrected chi connectivity index (χ1v) is 7.41. The number of nitrogens with one attached hydrogen (secondary N) is 2. The molecule has 0 fully saturated rings. The van der Waals surface area contributed by atoms with E-state index in [-0.39, 0.29) is 17.8 Å². The molecule has 4 nitrogen and oxygen atoms in total. The van der Waals surface area contributed by atoms with E-state index in [0.717, 1.165) is 12.5 Å².